The fraction of sp³-hybridized carbons (Fsp3) is 0.200. The molecule has 1 fully saturated rings. The van der Waals surface area contributed by atoms with E-state index >= 15 is 0 Å². The van der Waals surface area contributed by atoms with Crippen molar-refractivity contribution in [3.63, 3.8) is 0 Å². The number of pyridine rings is 1. The summed E-state index contributed by atoms with van der Waals surface area (Å²) in [5.41, 5.74) is 1.98. The molecule has 1 aliphatic rings. The van der Waals surface area contributed by atoms with Crippen molar-refractivity contribution in [3.05, 3.63) is 59.3 Å². The normalized spacial score (nSPS) is 13.5. The SMILES string of the molecule is O=C(O)c1cncc(-c2cnc(Nc3ccc(F)c(Cl)c3)nc2N2CCCC2)c1. The van der Waals surface area contributed by atoms with Gasteiger partial charge in [0, 0.05) is 48.5 Å². The van der Waals surface area contributed by atoms with Crippen LogP contribution in [0.2, 0.25) is 5.02 Å². The van der Waals surface area contributed by atoms with Crippen molar-refractivity contribution in [3.8, 4) is 11.1 Å². The maximum atomic E-state index is 13.4. The number of rotatable bonds is 5. The largest absolute Gasteiger partial charge is 0.478 e. The van der Waals surface area contributed by atoms with Crippen LogP contribution < -0.4 is 10.2 Å². The molecule has 148 valence electrons. The zero-order chi connectivity index (χ0) is 20.4. The van der Waals surface area contributed by atoms with Crippen LogP contribution >= 0.6 is 11.6 Å². The second-order valence-electron chi connectivity index (χ2n) is 6.65. The van der Waals surface area contributed by atoms with E-state index in [0.29, 0.717) is 28.6 Å². The van der Waals surface area contributed by atoms with E-state index < -0.39 is 11.8 Å². The number of anilines is 3. The molecule has 0 bridgehead atoms. The Bertz CT molecular complexity index is 1070. The molecule has 0 unspecified atom stereocenters. The van der Waals surface area contributed by atoms with Crippen LogP contribution in [0.25, 0.3) is 11.1 Å². The molecule has 0 aliphatic carbocycles. The summed E-state index contributed by atoms with van der Waals surface area (Å²) >= 11 is 5.84. The highest BCUT2D eigenvalue weighted by atomic mass is 35.5. The second-order valence-corrected chi connectivity index (χ2v) is 7.05. The number of halogens is 2. The van der Waals surface area contributed by atoms with Gasteiger partial charge in [-0.25, -0.2) is 14.2 Å². The summed E-state index contributed by atoms with van der Waals surface area (Å²) in [5, 5.41) is 12.3. The minimum atomic E-state index is -1.05. The first kappa shape index (κ1) is 19.1. The van der Waals surface area contributed by atoms with E-state index in [2.05, 4.69) is 25.2 Å². The first-order chi connectivity index (χ1) is 14.0. The third-order valence-electron chi connectivity index (χ3n) is 4.65. The van der Waals surface area contributed by atoms with Crippen LogP contribution in [0.4, 0.5) is 21.8 Å². The molecule has 0 spiro atoms. The van der Waals surface area contributed by atoms with Gasteiger partial charge < -0.3 is 15.3 Å². The van der Waals surface area contributed by atoms with E-state index in [4.69, 9.17) is 11.6 Å². The second kappa shape index (κ2) is 8.00. The van der Waals surface area contributed by atoms with Crippen LogP contribution in [0.1, 0.15) is 23.2 Å². The maximum absolute atomic E-state index is 13.4. The third-order valence-corrected chi connectivity index (χ3v) is 4.94. The zero-order valence-corrected chi connectivity index (χ0v) is 16.0. The number of carboxylic acids is 1. The number of hydrogen-bond acceptors (Lipinski definition) is 6. The Morgan fingerprint density at radius 2 is 1.97 bits per heavy atom. The quantitative estimate of drug-likeness (QED) is 0.641. The van der Waals surface area contributed by atoms with Crippen molar-refractivity contribution < 1.29 is 14.3 Å². The van der Waals surface area contributed by atoms with Gasteiger partial charge in [-0.05, 0) is 37.1 Å². The molecule has 3 aromatic rings. The molecule has 1 saturated heterocycles. The standard InChI is InChI=1S/C20H17ClFN5O2/c21-16-8-14(3-4-17(16)22)25-20-24-11-15(18(26-20)27-5-1-2-6-27)12-7-13(19(28)29)10-23-9-12/h3-4,7-11H,1-2,5-6H2,(H,28,29)(H,24,25,26). The zero-order valence-electron chi connectivity index (χ0n) is 15.3. The van der Waals surface area contributed by atoms with Crippen LogP contribution in [-0.2, 0) is 0 Å². The Morgan fingerprint density at radius 1 is 1.17 bits per heavy atom. The highest BCUT2D eigenvalue weighted by Gasteiger charge is 2.20. The topological polar surface area (TPSA) is 91.2 Å². The fourth-order valence-electron chi connectivity index (χ4n) is 3.21. The van der Waals surface area contributed by atoms with E-state index in [0.717, 1.165) is 25.9 Å². The summed E-state index contributed by atoms with van der Waals surface area (Å²) < 4.78 is 13.4. The molecule has 2 aromatic heterocycles. The first-order valence-electron chi connectivity index (χ1n) is 9.04. The van der Waals surface area contributed by atoms with Gasteiger partial charge in [0.05, 0.1) is 10.6 Å². The number of nitrogens with one attached hydrogen (secondary N) is 1. The lowest BCUT2D eigenvalue weighted by Crippen LogP contribution is -2.20. The Morgan fingerprint density at radius 3 is 2.69 bits per heavy atom. The number of nitrogens with zero attached hydrogens (tertiary/aromatic N) is 4. The van der Waals surface area contributed by atoms with Crippen molar-refractivity contribution in [2.24, 2.45) is 0 Å². The van der Waals surface area contributed by atoms with Crippen molar-refractivity contribution >= 4 is 35.0 Å². The molecule has 7 nitrogen and oxygen atoms in total. The molecular weight excluding hydrogens is 397 g/mol. The van der Waals surface area contributed by atoms with Gasteiger partial charge in [0.1, 0.15) is 11.6 Å². The minimum Gasteiger partial charge on any atom is -0.478 e. The number of carbonyl (C=O) groups is 1. The molecular formula is C20H17ClFN5O2. The van der Waals surface area contributed by atoms with Crippen molar-refractivity contribution in [2.45, 2.75) is 12.8 Å². The molecule has 29 heavy (non-hydrogen) atoms. The van der Waals surface area contributed by atoms with Crippen molar-refractivity contribution in [1.82, 2.24) is 15.0 Å². The van der Waals surface area contributed by atoms with Gasteiger partial charge in [-0.2, -0.15) is 4.98 Å². The van der Waals surface area contributed by atoms with E-state index in [1.165, 1.54) is 18.3 Å². The van der Waals surface area contributed by atoms with Gasteiger partial charge >= 0.3 is 5.97 Å². The van der Waals surface area contributed by atoms with Crippen LogP contribution in [0.3, 0.4) is 0 Å². The summed E-state index contributed by atoms with van der Waals surface area (Å²) in [4.78, 5) is 26.5. The van der Waals surface area contributed by atoms with Gasteiger partial charge in [0.15, 0.2) is 0 Å². The molecule has 9 heteroatoms. The maximum Gasteiger partial charge on any atom is 0.337 e. The highest BCUT2D eigenvalue weighted by Crippen LogP contribution is 2.32. The Labute approximate surface area is 171 Å². The van der Waals surface area contributed by atoms with Crippen molar-refractivity contribution in [2.75, 3.05) is 23.3 Å². The number of aromatic carboxylic acids is 1. The highest BCUT2D eigenvalue weighted by molar-refractivity contribution is 6.31. The summed E-state index contributed by atoms with van der Waals surface area (Å²) in [6.45, 7) is 1.69. The predicted molar refractivity (Wildman–Crippen MR) is 108 cm³/mol. The smallest absolute Gasteiger partial charge is 0.337 e. The van der Waals surface area contributed by atoms with Crippen LogP contribution in [0.15, 0.2) is 42.9 Å². The lowest BCUT2D eigenvalue weighted by molar-refractivity contribution is 0.0696. The number of hydrogen-bond donors (Lipinski definition) is 2. The lowest BCUT2D eigenvalue weighted by atomic mass is 10.1. The van der Waals surface area contributed by atoms with Gasteiger partial charge in [-0.3, -0.25) is 4.98 Å². The summed E-state index contributed by atoms with van der Waals surface area (Å²) in [6.07, 6.45) is 6.63. The van der Waals surface area contributed by atoms with Crippen LogP contribution in [-0.4, -0.2) is 39.1 Å². The lowest BCUT2D eigenvalue weighted by Gasteiger charge is -2.21. The van der Waals surface area contributed by atoms with Gasteiger partial charge in [-0.15, -0.1) is 0 Å². The van der Waals surface area contributed by atoms with Gasteiger partial charge in [0.25, 0.3) is 0 Å². The molecule has 1 aromatic carbocycles. The number of aromatic nitrogens is 3. The molecule has 4 rings (SSSR count). The summed E-state index contributed by atoms with van der Waals surface area (Å²) in [5.74, 6) is -0.523. The minimum absolute atomic E-state index is 0.00273. The van der Waals surface area contributed by atoms with Crippen LogP contribution in [0.5, 0.6) is 0 Å². The predicted octanol–water partition coefficient (Wildman–Crippen LogP) is 4.37. The van der Waals surface area contributed by atoms with Crippen LogP contribution in [0, 0.1) is 5.82 Å². The number of benzene rings is 1. The number of carboxylic acid groups (broad SMARTS) is 1. The molecule has 1 aliphatic heterocycles. The molecule has 0 amide bonds. The average Bonchev–Trinajstić information content (AvgIpc) is 3.25. The molecule has 0 radical (unpaired) electrons. The van der Waals surface area contributed by atoms with Gasteiger partial charge in [-0.1, -0.05) is 11.6 Å². The Hall–Kier alpha value is -3.26. The van der Waals surface area contributed by atoms with E-state index in [9.17, 15) is 14.3 Å². The molecule has 3 heterocycles. The monoisotopic (exact) mass is 413 g/mol. The fourth-order valence-corrected chi connectivity index (χ4v) is 3.39. The summed E-state index contributed by atoms with van der Waals surface area (Å²) in [7, 11) is 0. The Kier molecular flexibility index (Phi) is 5.26. The van der Waals surface area contributed by atoms with Gasteiger partial charge in [0.2, 0.25) is 5.95 Å². The van der Waals surface area contributed by atoms with E-state index in [-0.39, 0.29) is 10.6 Å². The molecule has 2 N–H and O–H groups in total. The van der Waals surface area contributed by atoms with Crippen molar-refractivity contribution in [1.29, 1.82) is 0 Å². The Balaban J connectivity index is 1.73. The summed E-state index contributed by atoms with van der Waals surface area (Å²) in [6, 6.07) is 5.84. The molecule has 0 saturated carbocycles. The van der Waals surface area contributed by atoms with E-state index in [1.807, 2.05) is 0 Å². The average molecular weight is 414 g/mol. The van der Waals surface area contributed by atoms with E-state index in [1.54, 1.807) is 24.5 Å². The molecule has 0 atom stereocenters. The third kappa shape index (κ3) is 4.12. The first-order valence-corrected chi connectivity index (χ1v) is 9.42.